The van der Waals surface area contributed by atoms with Crippen LogP contribution in [0.15, 0.2) is 0 Å². The molecule has 1 amide bonds. The number of hydrogen-bond acceptors (Lipinski definition) is 5. The highest BCUT2D eigenvalue weighted by molar-refractivity contribution is 5.99. The Labute approximate surface area is 119 Å². The maximum Gasteiger partial charge on any atom is 0.322 e. The molecule has 6 heteroatoms. The molecule has 1 aliphatic rings. The molecule has 0 bridgehead atoms. The third kappa shape index (κ3) is 3.11. The molecule has 6 nitrogen and oxygen atoms in total. The van der Waals surface area contributed by atoms with Crippen LogP contribution in [0.2, 0.25) is 0 Å². The Balaban J connectivity index is 2.85. The molecule has 0 aromatic rings. The van der Waals surface area contributed by atoms with Crippen LogP contribution in [-0.2, 0) is 23.9 Å². The summed E-state index contributed by atoms with van der Waals surface area (Å²) in [5.74, 6) is -1.24. The summed E-state index contributed by atoms with van der Waals surface area (Å²) in [6.07, 6.45) is 0.600. The largest absolute Gasteiger partial charge is 0.468 e. The molecule has 0 saturated carbocycles. The van der Waals surface area contributed by atoms with Crippen molar-refractivity contribution in [2.45, 2.75) is 39.7 Å². The van der Waals surface area contributed by atoms with Gasteiger partial charge >= 0.3 is 11.9 Å². The smallest absolute Gasteiger partial charge is 0.322 e. The van der Waals surface area contributed by atoms with Gasteiger partial charge in [-0.3, -0.25) is 14.4 Å². The number of methoxy groups -OCH3 is 2. The maximum absolute atomic E-state index is 11.9. The Morgan fingerprint density at radius 3 is 2.15 bits per heavy atom. The van der Waals surface area contributed by atoms with Crippen molar-refractivity contribution in [1.82, 2.24) is 4.90 Å². The number of likely N-dealkylation sites (tertiary alicyclic amines) is 1. The zero-order valence-electron chi connectivity index (χ0n) is 12.8. The van der Waals surface area contributed by atoms with Crippen molar-refractivity contribution in [3.63, 3.8) is 0 Å². The standard InChI is InChI=1S/C14H23NO5/c1-9(2)15-8-10(6-11(15)16)7-14(3,12(17)19-4)13(18)20-5/h9-10H,6-8H2,1-5H3/t10-/m1/s1. The molecule has 1 heterocycles. The fourth-order valence-electron chi connectivity index (χ4n) is 2.72. The topological polar surface area (TPSA) is 72.9 Å². The number of amides is 1. The number of carbonyl (C=O) groups is 3. The zero-order chi connectivity index (χ0) is 15.5. The van der Waals surface area contributed by atoms with Gasteiger partial charge in [0.25, 0.3) is 0 Å². The highest BCUT2D eigenvalue weighted by atomic mass is 16.5. The van der Waals surface area contributed by atoms with E-state index in [4.69, 9.17) is 9.47 Å². The van der Waals surface area contributed by atoms with E-state index in [0.717, 1.165) is 0 Å². The van der Waals surface area contributed by atoms with Crippen molar-refractivity contribution in [2.24, 2.45) is 11.3 Å². The van der Waals surface area contributed by atoms with Gasteiger partial charge in [0.1, 0.15) is 0 Å². The van der Waals surface area contributed by atoms with Gasteiger partial charge in [-0.05, 0) is 33.1 Å². The SMILES string of the molecule is COC(=O)C(C)(C[C@H]1CC(=O)N(C(C)C)C1)C(=O)OC. The molecule has 1 saturated heterocycles. The molecule has 0 aromatic heterocycles. The van der Waals surface area contributed by atoms with Gasteiger partial charge in [-0.25, -0.2) is 0 Å². The summed E-state index contributed by atoms with van der Waals surface area (Å²) in [5, 5.41) is 0. The van der Waals surface area contributed by atoms with Crippen LogP contribution in [-0.4, -0.2) is 49.6 Å². The Morgan fingerprint density at radius 2 is 1.80 bits per heavy atom. The number of nitrogens with zero attached hydrogens (tertiary/aromatic N) is 1. The predicted octanol–water partition coefficient (Wildman–Crippen LogP) is 0.986. The number of hydrogen-bond donors (Lipinski definition) is 0. The van der Waals surface area contributed by atoms with E-state index in [0.29, 0.717) is 13.0 Å². The van der Waals surface area contributed by atoms with Crippen LogP contribution >= 0.6 is 0 Å². The van der Waals surface area contributed by atoms with Crippen molar-refractivity contribution in [1.29, 1.82) is 0 Å². The Kier molecular flexibility index (Phi) is 5.14. The number of rotatable bonds is 5. The number of esters is 2. The van der Waals surface area contributed by atoms with E-state index in [1.54, 1.807) is 4.90 Å². The molecule has 0 radical (unpaired) electrons. The van der Waals surface area contributed by atoms with Gasteiger partial charge < -0.3 is 14.4 Å². The lowest BCUT2D eigenvalue weighted by Gasteiger charge is -2.27. The molecule has 114 valence electrons. The Morgan fingerprint density at radius 1 is 1.30 bits per heavy atom. The molecule has 1 fully saturated rings. The van der Waals surface area contributed by atoms with Crippen LogP contribution in [0, 0.1) is 11.3 Å². The quantitative estimate of drug-likeness (QED) is 0.556. The first-order valence-corrected chi connectivity index (χ1v) is 6.72. The summed E-state index contributed by atoms with van der Waals surface area (Å²) >= 11 is 0. The van der Waals surface area contributed by atoms with E-state index in [1.165, 1.54) is 21.1 Å². The fourth-order valence-corrected chi connectivity index (χ4v) is 2.72. The molecule has 0 aliphatic carbocycles. The third-order valence-corrected chi connectivity index (χ3v) is 3.83. The van der Waals surface area contributed by atoms with E-state index in [9.17, 15) is 14.4 Å². The van der Waals surface area contributed by atoms with Crippen LogP contribution in [0.5, 0.6) is 0 Å². The molecule has 0 N–H and O–H groups in total. The van der Waals surface area contributed by atoms with Crippen LogP contribution in [0.3, 0.4) is 0 Å². The fraction of sp³-hybridized carbons (Fsp3) is 0.786. The summed E-state index contributed by atoms with van der Waals surface area (Å²) in [6, 6.07) is 0.120. The van der Waals surface area contributed by atoms with Crippen molar-refractivity contribution >= 4 is 17.8 Å². The molecular weight excluding hydrogens is 262 g/mol. The van der Waals surface area contributed by atoms with E-state index in [-0.39, 0.29) is 24.3 Å². The van der Waals surface area contributed by atoms with Gasteiger partial charge in [-0.15, -0.1) is 0 Å². The van der Waals surface area contributed by atoms with E-state index < -0.39 is 17.4 Å². The third-order valence-electron chi connectivity index (χ3n) is 3.83. The highest BCUT2D eigenvalue weighted by Crippen LogP contribution is 2.34. The minimum Gasteiger partial charge on any atom is -0.468 e. The van der Waals surface area contributed by atoms with Gasteiger partial charge in [-0.1, -0.05) is 0 Å². The summed E-state index contributed by atoms with van der Waals surface area (Å²) < 4.78 is 9.42. The van der Waals surface area contributed by atoms with E-state index in [2.05, 4.69) is 0 Å². The van der Waals surface area contributed by atoms with Crippen molar-refractivity contribution in [3.8, 4) is 0 Å². The maximum atomic E-state index is 11.9. The number of ether oxygens (including phenoxy) is 2. The Bertz CT molecular complexity index is 388. The van der Waals surface area contributed by atoms with Gasteiger partial charge in [0.05, 0.1) is 14.2 Å². The average Bonchev–Trinajstić information content (AvgIpc) is 2.77. The molecule has 0 spiro atoms. The molecule has 20 heavy (non-hydrogen) atoms. The highest BCUT2D eigenvalue weighted by Gasteiger charge is 2.47. The van der Waals surface area contributed by atoms with Crippen molar-refractivity contribution in [2.75, 3.05) is 20.8 Å². The summed E-state index contributed by atoms with van der Waals surface area (Å²) in [6.45, 7) is 5.95. The van der Waals surface area contributed by atoms with Crippen LogP contribution < -0.4 is 0 Å². The molecule has 1 aliphatic heterocycles. The molecular formula is C14H23NO5. The lowest BCUT2D eigenvalue weighted by Crippen LogP contribution is -2.40. The van der Waals surface area contributed by atoms with Gasteiger partial charge in [0.2, 0.25) is 5.91 Å². The lowest BCUT2D eigenvalue weighted by molar-refractivity contribution is -0.169. The van der Waals surface area contributed by atoms with Crippen molar-refractivity contribution < 1.29 is 23.9 Å². The minimum atomic E-state index is -1.36. The summed E-state index contributed by atoms with van der Waals surface area (Å²) in [5.41, 5.74) is -1.36. The minimum absolute atomic E-state index is 0.0481. The second kappa shape index (κ2) is 6.24. The zero-order valence-corrected chi connectivity index (χ0v) is 12.8. The summed E-state index contributed by atoms with van der Waals surface area (Å²) in [7, 11) is 2.48. The summed E-state index contributed by atoms with van der Waals surface area (Å²) in [4.78, 5) is 37.4. The molecule has 0 aromatic carbocycles. The normalized spacial score (nSPS) is 19.4. The first-order valence-electron chi connectivity index (χ1n) is 6.72. The van der Waals surface area contributed by atoms with Crippen LogP contribution in [0.1, 0.15) is 33.6 Å². The Hall–Kier alpha value is -1.59. The number of carbonyl (C=O) groups excluding carboxylic acids is 3. The molecule has 1 atom stereocenters. The van der Waals surface area contributed by atoms with Crippen LogP contribution in [0.4, 0.5) is 0 Å². The van der Waals surface area contributed by atoms with Crippen LogP contribution in [0.25, 0.3) is 0 Å². The second-order valence-electron chi connectivity index (χ2n) is 5.73. The average molecular weight is 285 g/mol. The lowest BCUT2D eigenvalue weighted by atomic mass is 9.80. The van der Waals surface area contributed by atoms with Gasteiger partial charge in [0.15, 0.2) is 5.41 Å². The first kappa shape index (κ1) is 16.5. The molecule has 0 unspecified atom stereocenters. The van der Waals surface area contributed by atoms with Gasteiger partial charge in [0, 0.05) is 19.0 Å². The van der Waals surface area contributed by atoms with Crippen molar-refractivity contribution in [3.05, 3.63) is 0 Å². The first-order chi connectivity index (χ1) is 9.26. The van der Waals surface area contributed by atoms with Gasteiger partial charge in [-0.2, -0.15) is 0 Å². The predicted molar refractivity (Wildman–Crippen MR) is 71.7 cm³/mol. The van der Waals surface area contributed by atoms with E-state index in [1.807, 2.05) is 13.8 Å². The monoisotopic (exact) mass is 285 g/mol. The van der Waals surface area contributed by atoms with E-state index >= 15 is 0 Å². The second-order valence-corrected chi connectivity index (χ2v) is 5.73. The molecule has 1 rings (SSSR count).